The molecular weight excluding hydrogens is 239 g/mol. The Morgan fingerprint density at radius 2 is 1.72 bits per heavy atom. The molecule has 2 aromatic rings. The van der Waals surface area contributed by atoms with Crippen LogP contribution in [-0.2, 0) is 6.42 Å². The van der Waals surface area contributed by atoms with Crippen molar-refractivity contribution < 1.29 is 13.2 Å². The lowest BCUT2D eigenvalue weighted by Crippen LogP contribution is -2.28. The van der Waals surface area contributed by atoms with E-state index in [0.717, 1.165) is 10.9 Å². The van der Waals surface area contributed by atoms with Crippen LogP contribution < -0.4 is 5.73 Å². The maximum atomic E-state index is 12.8. The molecule has 1 nitrogen and oxygen atoms in total. The van der Waals surface area contributed by atoms with Gasteiger partial charge in [-0.3, -0.25) is 0 Å². The Morgan fingerprint density at radius 1 is 1.11 bits per heavy atom. The summed E-state index contributed by atoms with van der Waals surface area (Å²) in [6, 6.07) is 8.44. The van der Waals surface area contributed by atoms with Crippen molar-refractivity contribution in [3.8, 4) is 0 Å². The highest BCUT2D eigenvalue weighted by Crippen LogP contribution is 2.35. The van der Waals surface area contributed by atoms with Gasteiger partial charge >= 0.3 is 6.18 Å². The Hall–Kier alpha value is -1.55. The highest BCUT2D eigenvalue weighted by atomic mass is 19.4. The summed E-state index contributed by atoms with van der Waals surface area (Å²) in [6.07, 6.45) is -3.74. The van der Waals surface area contributed by atoms with Crippen LogP contribution in [0.15, 0.2) is 36.4 Å². The fraction of sp³-hybridized carbons (Fsp3) is 0.286. The number of fused-ring (bicyclic) bond motifs is 1. The van der Waals surface area contributed by atoms with Crippen LogP contribution in [0.1, 0.15) is 24.1 Å². The summed E-state index contributed by atoms with van der Waals surface area (Å²) in [5, 5.41) is 1.43. The number of hydrogen-bond donors (Lipinski definition) is 1. The maximum Gasteiger partial charge on any atom is 0.407 e. The van der Waals surface area contributed by atoms with Gasteiger partial charge in [0.2, 0.25) is 0 Å². The predicted molar refractivity (Wildman–Crippen MR) is 66.3 cm³/mol. The minimum absolute atomic E-state index is 0.150. The van der Waals surface area contributed by atoms with Crippen molar-refractivity contribution in [1.29, 1.82) is 0 Å². The summed E-state index contributed by atoms with van der Waals surface area (Å²) >= 11 is 0. The summed E-state index contributed by atoms with van der Waals surface area (Å²) in [7, 11) is 0. The van der Waals surface area contributed by atoms with Gasteiger partial charge in [-0.05, 0) is 28.3 Å². The SMILES string of the molecule is CCc1cccc2cccc([C@H](N)C(F)(F)F)c12. The first-order valence-electron chi connectivity index (χ1n) is 5.78. The summed E-state index contributed by atoms with van der Waals surface area (Å²) < 4.78 is 38.3. The average Bonchev–Trinajstić information content (AvgIpc) is 2.35. The zero-order valence-electron chi connectivity index (χ0n) is 9.96. The van der Waals surface area contributed by atoms with Crippen LogP contribution in [0.4, 0.5) is 13.2 Å². The van der Waals surface area contributed by atoms with E-state index in [1.54, 1.807) is 18.2 Å². The van der Waals surface area contributed by atoms with E-state index in [4.69, 9.17) is 5.73 Å². The minimum Gasteiger partial charge on any atom is -0.316 e. The smallest absolute Gasteiger partial charge is 0.316 e. The quantitative estimate of drug-likeness (QED) is 0.861. The molecule has 0 fully saturated rings. The van der Waals surface area contributed by atoms with Crippen molar-refractivity contribution in [3.05, 3.63) is 47.5 Å². The molecule has 2 rings (SSSR count). The summed E-state index contributed by atoms with van der Waals surface area (Å²) in [6.45, 7) is 1.92. The molecule has 0 spiro atoms. The van der Waals surface area contributed by atoms with Gasteiger partial charge in [0.25, 0.3) is 0 Å². The normalized spacial score (nSPS) is 13.8. The molecule has 0 saturated carbocycles. The van der Waals surface area contributed by atoms with E-state index in [9.17, 15) is 13.2 Å². The molecule has 2 N–H and O–H groups in total. The number of halogens is 3. The molecule has 0 heterocycles. The number of aryl methyl sites for hydroxylation is 1. The van der Waals surface area contributed by atoms with E-state index in [-0.39, 0.29) is 5.56 Å². The highest BCUT2D eigenvalue weighted by Gasteiger charge is 2.38. The van der Waals surface area contributed by atoms with Crippen LogP contribution in [0.25, 0.3) is 10.8 Å². The molecule has 0 aliphatic heterocycles. The van der Waals surface area contributed by atoms with Crippen LogP contribution in [0.2, 0.25) is 0 Å². The lowest BCUT2D eigenvalue weighted by molar-refractivity contribution is -0.148. The Balaban J connectivity index is 2.71. The summed E-state index contributed by atoms with van der Waals surface area (Å²) in [5.74, 6) is 0. The topological polar surface area (TPSA) is 26.0 Å². The monoisotopic (exact) mass is 253 g/mol. The first-order valence-corrected chi connectivity index (χ1v) is 5.78. The largest absolute Gasteiger partial charge is 0.407 e. The van der Waals surface area contributed by atoms with Crippen molar-refractivity contribution in [3.63, 3.8) is 0 Å². The van der Waals surface area contributed by atoms with Crippen LogP contribution >= 0.6 is 0 Å². The number of rotatable bonds is 2. The second-order valence-corrected chi connectivity index (χ2v) is 4.24. The molecule has 0 aliphatic rings. The zero-order chi connectivity index (χ0) is 13.3. The third-order valence-electron chi connectivity index (χ3n) is 3.09. The van der Waals surface area contributed by atoms with Gasteiger partial charge in [0.1, 0.15) is 6.04 Å². The van der Waals surface area contributed by atoms with Gasteiger partial charge in [-0.25, -0.2) is 0 Å². The maximum absolute atomic E-state index is 12.8. The van der Waals surface area contributed by atoms with E-state index < -0.39 is 12.2 Å². The molecule has 0 radical (unpaired) electrons. The van der Waals surface area contributed by atoms with Gasteiger partial charge in [0.05, 0.1) is 0 Å². The predicted octanol–water partition coefficient (Wildman–Crippen LogP) is 3.96. The molecule has 1 atom stereocenters. The Morgan fingerprint density at radius 3 is 2.28 bits per heavy atom. The first-order chi connectivity index (χ1) is 8.45. The van der Waals surface area contributed by atoms with E-state index >= 15 is 0 Å². The molecule has 0 amide bonds. The Kier molecular flexibility index (Phi) is 3.30. The average molecular weight is 253 g/mol. The summed E-state index contributed by atoms with van der Waals surface area (Å²) in [4.78, 5) is 0. The third kappa shape index (κ3) is 2.20. The van der Waals surface area contributed by atoms with E-state index in [0.29, 0.717) is 11.8 Å². The van der Waals surface area contributed by atoms with Crippen LogP contribution in [0.3, 0.4) is 0 Å². The molecule has 18 heavy (non-hydrogen) atoms. The van der Waals surface area contributed by atoms with Crippen molar-refractivity contribution in [2.45, 2.75) is 25.6 Å². The molecule has 2 aromatic carbocycles. The van der Waals surface area contributed by atoms with E-state index in [1.807, 2.05) is 19.1 Å². The third-order valence-corrected chi connectivity index (χ3v) is 3.09. The molecule has 4 heteroatoms. The number of nitrogens with two attached hydrogens (primary N) is 1. The van der Waals surface area contributed by atoms with Crippen molar-refractivity contribution in [2.75, 3.05) is 0 Å². The number of alkyl halides is 3. The zero-order valence-corrected chi connectivity index (χ0v) is 9.96. The van der Waals surface area contributed by atoms with Crippen molar-refractivity contribution in [1.82, 2.24) is 0 Å². The molecule has 0 aliphatic carbocycles. The van der Waals surface area contributed by atoms with Gasteiger partial charge in [-0.15, -0.1) is 0 Å². The molecule has 0 unspecified atom stereocenters. The van der Waals surface area contributed by atoms with Gasteiger partial charge < -0.3 is 5.73 Å². The second-order valence-electron chi connectivity index (χ2n) is 4.24. The standard InChI is InChI=1S/C14H14F3N/c1-2-9-5-3-6-10-7-4-8-11(12(9)10)13(18)14(15,16)17/h3-8,13H,2,18H2,1H3/t13-/m0/s1. The fourth-order valence-corrected chi connectivity index (χ4v) is 2.18. The Labute approximate surface area is 103 Å². The number of benzene rings is 2. The highest BCUT2D eigenvalue weighted by molar-refractivity contribution is 5.89. The lowest BCUT2D eigenvalue weighted by Gasteiger charge is -2.19. The first kappa shape index (κ1) is 12.9. The lowest BCUT2D eigenvalue weighted by atomic mass is 9.94. The molecule has 96 valence electrons. The van der Waals surface area contributed by atoms with E-state index in [1.165, 1.54) is 6.07 Å². The minimum atomic E-state index is -4.42. The van der Waals surface area contributed by atoms with Gasteiger partial charge in [0.15, 0.2) is 0 Å². The molecular formula is C14H14F3N. The van der Waals surface area contributed by atoms with Crippen molar-refractivity contribution in [2.24, 2.45) is 5.73 Å². The van der Waals surface area contributed by atoms with E-state index in [2.05, 4.69) is 0 Å². The van der Waals surface area contributed by atoms with Gasteiger partial charge in [-0.2, -0.15) is 13.2 Å². The Bertz CT molecular complexity index is 555. The fourth-order valence-electron chi connectivity index (χ4n) is 2.18. The second kappa shape index (κ2) is 4.61. The summed E-state index contributed by atoms with van der Waals surface area (Å²) in [5.41, 5.74) is 6.38. The van der Waals surface area contributed by atoms with Gasteiger partial charge in [-0.1, -0.05) is 43.3 Å². The van der Waals surface area contributed by atoms with Crippen LogP contribution in [0, 0.1) is 0 Å². The van der Waals surface area contributed by atoms with Crippen LogP contribution in [0.5, 0.6) is 0 Å². The molecule has 0 aromatic heterocycles. The van der Waals surface area contributed by atoms with Crippen molar-refractivity contribution >= 4 is 10.8 Å². The molecule has 0 saturated heterocycles. The van der Waals surface area contributed by atoms with Gasteiger partial charge in [0, 0.05) is 0 Å². The molecule has 0 bridgehead atoms. The van der Waals surface area contributed by atoms with Crippen LogP contribution in [-0.4, -0.2) is 6.18 Å². The number of hydrogen-bond acceptors (Lipinski definition) is 1.